The minimum absolute atomic E-state index is 0.000973. The second kappa shape index (κ2) is 9.58. The number of rotatable bonds is 8. The Balaban J connectivity index is 1.42. The van der Waals surface area contributed by atoms with E-state index in [1.807, 2.05) is 0 Å². The first kappa shape index (κ1) is 20.8. The number of hydrogen-bond donors (Lipinski definition) is 2. The molecule has 0 radical (unpaired) electrons. The topological polar surface area (TPSA) is 74.7 Å². The van der Waals surface area contributed by atoms with Crippen molar-refractivity contribution in [2.24, 2.45) is 5.92 Å². The monoisotopic (exact) mass is 409 g/mol. The van der Waals surface area contributed by atoms with Crippen LogP contribution in [0.4, 0.5) is 0 Å². The highest BCUT2D eigenvalue weighted by Crippen LogP contribution is 2.29. The molecule has 1 aliphatic heterocycles. The van der Waals surface area contributed by atoms with Crippen molar-refractivity contribution in [2.75, 3.05) is 26.7 Å². The van der Waals surface area contributed by atoms with Gasteiger partial charge in [-0.1, -0.05) is 24.3 Å². The van der Waals surface area contributed by atoms with Gasteiger partial charge in [-0.3, -0.25) is 9.78 Å². The number of methoxy groups -OCH3 is 1. The molecule has 0 bridgehead atoms. The highest BCUT2D eigenvalue weighted by Gasteiger charge is 2.29. The number of aliphatic hydroxyl groups excluding tert-OH is 1. The number of pyridine rings is 1. The zero-order valence-electron chi connectivity index (χ0n) is 17.6. The van der Waals surface area contributed by atoms with Crippen molar-refractivity contribution in [3.63, 3.8) is 0 Å². The van der Waals surface area contributed by atoms with Crippen LogP contribution in [0.5, 0.6) is 5.75 Å². The zero-order valence-corrected chi connectivity index (χ0v) is 17.6. The first-order chi connectivity index (χ1) is 14.6. The smallest absolute Gasteiger partial charge is 0.220 e. The van der Waals surface area contributed by atoms with Gasteiger partial charge in [-0.05, 0) is 61.9 Å². The third kappa shape index (κ3) is 4.99. The molecule has 2 aliphatic rings. The number of benzene rings is 1. The number of carbonyl (C=O) groups excluding carboxylic acids is 1. The Morgan fingerprint density at radius 2 is 1.93 bits per heavy atom. The van der Waals surface area contributed by atoms with Crippen molar-refractivity contribution in [3.05, 3.63) is 59.4 Å². The Hall–Kier alpha value is -2.44. The Morgan fingerprint density at radius 3 is 2.60 bits per heavy atom. The fraction of sp³-hybridized carbons (Fsp3) is 0.500. The van der Waals surface area contributed by atoms with Gasteiger partial charge >= 0.3 is 0 Å². The van der Waals surface area contributed by atoms with E-state index in [4.69, 9.17) is 4.74 Å². The standard InChI is InChI=1S/C24H31N3O3/c1-30-20-8-9-25-21(15-20)24(29)22(16-27-10-4-5-11-27)26-23(28)14-17-12-18-6-2-3-7-19(18)13-17/h2-3,6-9,15,17,22,24,29H,4-5,10-14,16H2,1H3,(H,26,28)/t22-,24-/m1/s1. The van der Waals surface area contributed by atoms with Crippen molar-refractivity contribution in [2.45, 2.75) is 44.2 Å². The summed E-state index contributed by atoms with van der Waals surface area (Å²) in [5, 5.41) is 14.2. The zero-order chi connectivity index (χ0) is 20.9. The molecule has 1 aliphatic carbocycles. The molecule has 6 nitrogen and oxygen atoms in total. The number of carbonyl (C=O) groups is 1. The molecule has 2 heterocycles. The number of likely N-dealkylation sites (tertiary alicyclic amines) is 1. The molecule has 1 aromatic carbocycles. The number of aliphatic hydroxyl groups is 1. The summed E-state index contributed by atoms with van der Waals surface area (Å²) in [6.07, 6.45) is 5.43. The number of hydrogen-bond acceptors (Lipinski definition) is 5. The van der Waals surface area contributed by atoms with Gasteiger partial charge in [0, 0.05) is 25.2 Å². The number of nitrogens with zero attached hydrogens (tertiary/aromatic N) is 2. The average Bonchev–Trinajstić information content (AvgIpc) is 3.41. The molecule has 0 spiro atoms. The van der Waals surface area contributed by atoms with Crippen LogP contribution in [0.1, 0.15) is 42.2 Å². The predicted molar refractivity (Wildman–Crippen MR) is 115 cm³/mol. The van der Waals surface area contributed by atoms with Gasteiger partial charge in [0.05, 0.1) is 18.8 Å². The van der Waals surface area contributed by atoms with E-state index >= 15 is 0 Å². The summed E-state index contributed by atoms with van der Waals surface area (Å²) in [7, 11) is 1.59. The first-order valence-corrected chi connectivity index (χ1v) is 10.9. The third-order valence-electron chi connectivity index (χ3n) is 6.28. The van der Waals surface area contributed by atoms with E-state index in [9.17, 15) is 9.90 Å². The van der Waals surface area contributed by atoms with Crippen LogP contribution in [-0.4, -0.2) is 53.7 Å². The van der Waals surface area contributed by atoms with Crippen LogP contribution in [0.15, 0.2) is 42.6 Å². The van der Waals surface area contributed by atoms with E-state index in [0.29, 0.717) is 30.3 Å². The van der Waals surface area contributed by atoms with E-state index in [1.165, 1.54) is 11.1 Å². The minimum Gasteiger partial charge on any atom is -0.497 e. The fourth-order valence-electron chi connectivity index (χ4n) is 4.71. The van der Waals surface area contributed by atoms with E-state index in [0.717, 1.165) is 38.8 Å². The van der Waals surface area contributed by atoms with Crippen LogP contribution in [0.2, 0.25) is 0 Å². The molecule has 6 heteroatoms. The van der Waals surface area contributed by atoms with Crippen molar-refractivity contribution >= 4 is 5.91 Å². The number of ether oxygens (including phenoxy) is 1. The summed E-state index contributed by atoms with van der Waals surface area (Å²) in [4.78, 5) is 19.5. The quantitative estimate of drug-likeness (QED) is 0.701. The summed E-state index contributed by atoms with van der Waals surface area (Å²) in [6, 6.07) is 11.5. The highest BCUT2D eigenvalue weighted by molar-refractivity contribution is 5.77. The van der Waals surface area contributed by atoms with E-state index < -0.39 is 12.1 Å². The maximum Gasteiger partial charge on any atom is 0.220 e. The van der Waals surface area contributed by atoms with Crippen molar-refractivity contribution in [1.82, 2.24) is 15.2 Å². The molecule has 1 fully saturated rings. The van der Waals surface area contributed by atoms with Crippen LogP contribution in [0, 0.1) is 5.92 Å². The fourth-order valence-corrected chi connectivity index (χ4v) is 4.71. The molecule has 2 aromatic rings. The average molecular weight is 410 g/mol. The van der Waals surface area contributed by atoms with Crippen LogP contribution in [0.25, 0.3) is 0 Å². The van der Waals surface area contributed by atoms with Crippen LogP contribution in [0.3, 0.4) is 0 Å². The van der Waals surface area contributed by atoms with Gasteiger partial charge in [-0.2, -0.15) is 0 Å². The maximum atomic E-state index is 12.9. The van der Waals surface area contributed by atoms with Crippen molar-refractivity contribution in [3.8, 4) is 5.75 Å². The maximum absolute atomic E-state index is 12.9. The number of aromatic nitrogens is 1. The van der Waals surface area contributed by atoms with Gasteiger partial charge in [-0.25, -0.2) is 0 Å². The van der Waals surface area contributed by atoms with Crippen molar-refractivity contribution in [1.29, 1.82) is 0 Å². The predicted octanol–water partition coefficient (Wildman–Crippen LogP) is 2.51. The van der Waals surface area contributed by atoms with Gasteiger partial charge < -0.3 is 20.1 Å². The lowest BCUT2D eigenvalue weighted by atomic mass is 10.0. The molecule has 0 unspecified atom stereocenters. The molecular formula is C24H31N3O3. The summed E-state index contributed by atoms with van der Waals surface area (Å²) >= 11 is 0. The molecule has 1 aromatic heterocycles. The van der Waals surface area contributed by atoms with E-state index in [1.54, 1.807) is 25.4 Å². The third-order valence-corrected chi connectivity index (χ3v) is 6.28. The summed E-state index contributed by atoms with van der Waals surface area (Å²) in [5.41, 5.74) is 3.22. The highest BCUT2D eigenvalue weighted by atomic mass is 16.5. The van der Waals surface area contributed by atoms with Crippen molar-refractivity contribution < 1.29 is 14.6 Å². The largest absolute Gasteiger partial charge is 0.497 e. The second-order valence-electron chi connectivity index (χ2n) is 8.49. The molecule has 1 saturated heterocycles. The Morgan fingerprint density at radius 1 is 1.23 bits per heavy atom. The lowest BCUT2D eigenvalue weighted by molar-refractivity contribution is -0.123. The van der Waals surface area contributed by atoms with Crippen LogP contribution in [-0.2, 0) is 17.6 Å². The van der Waals surface area contributed by atoms with Gasteiger partial charge in [0.15, 0.2) is 0 Å². The summed E-state index contributed by atoms with van der Waals surface area (Å²) < 4.78 is 5.27. The lowest BCUT2D eigenvalue weighted by Gasteiger charge is -2.28. The van der Waals surface area contributed by atoms with E-state index in [2.05, 4.69) is 39.5 Å². The molecule has 4 rings (SSSR count). The molecule has 0 saturated carbocycles. The van der Waals surface area contributed by atoms with E-state index in [-0.39, 0.29) is 5.91 Å². The Labute approximate surface area is 178 Å². The van der Waals surface area contributed by atoms with Gasteiger partial charge in [0.2, 0.25) is 5.91 Å². The lowest BCUT2D eigenvalue weighted by Crippen LogP contribution is -2.47. The molecule has 160 valence electrons. The Kier molecular flexibility index (Phi) is 6.65. The molecule has 2 N–H and O–H groups in total. The number of nitrogens with one attached hydrogen (secondary N) is 1. The van der Waals surface area contributed by atoms with Crippen LogP contribution < -0.4 is 10.1 Å². The van der Waals surface area contributed by atoms with Gasteiger partial charge in [0.25, 0.3) is 0 Å². The minimum atomic E-state index is -0.884. The Bertz CT molecular complexity index is 841. The molecule has 30 heavy (non-hydrogen) atoms. The van der Waals surface area contributed by atoms with Gasteiger partial charge in [-0.15, -0.1) is 0 Å². The number of fused-ring (bicyclic) bond motifs is 1. The normalized spacial score (nSPS) is 18.7. The summed E-state index contributed by atoms with van der Waals surface area (Å²) in [5.74, 6) is 0.967. The molecule has 1 amide bonds. The first-order valence-electron chi connectivity index (χ1n) is 10.9. The van der Waals surface area contributed by atoms with Crippen LogP contribution >= 0.6 is 0 Å². The molecule has 2 atom stereocenters. The second-order valence-corrected chi connectivity index (χ2v) is 8.49. The number of amides is 1. The van der Waals surface area contributed by atoms with Gasteiger partial charge in [0.1, 0.15) is 11.9 Å². The SMILES string of the molecule is COc1ccnc([C@@H](O)[C@@H](CN2CCCC2)NC(=O)CC2Cc3ccccc3C2)c1. The molecular weight excluding hydrogens is 378 g/mol. The summed E-state index contributed by atoms with van der Waals surface area (Å²) in [6.45, 7) is 2.63.